The fourth-order valence-corrected chi connectivity index (χ4v) is 3.23. The second kappa shape index (κ2) is 8.61. The monoisotopic (exact) mass is 408 g/mol. The molecule has 28 heavy (non-hydrogen) atoms. The first-order chi connectivity index (χ1) is 13.2. The number of methoxy groups -OCH3 is 2. The fourth-order valence-electron chi connectivity index (χ4n) is 2.38. The molecule has 2 amide bonds. The lowest BCUT2D eigenvalue weighted by Crippen LogP contribution is -2.20. The van der Waals surface area contributed by atoms with E-state index in [1.54, 1.807) is 12.1 Å². The van der Waals surface area contributed by atoms with Gasteiger partial charge in [0.2, 0.25) is 5.75 Å². The number of hydrogen-bond donors (Lipinski definition) is 2. The quantitative estimate of drug-likeness (QED) is 0.671. The van der Waals surface area contributed by atoms with Crippen LogP contribution in [0.25, 0.3) is 0 Å². The van der Waals surface area contributed by atoms with Gasteiger partial charge in [-0.25, -0.2) is 8.42 Å². The molecule has 0 aliphatic rings. The highest BCUT2D eigenvalue weighted by molar-refractivity contribution is 7.90. The number of primary amides is 1. The lowest BCUT2D eigenvalue weighted by Gasteiger charge is -2.16. The summed E-state index contributed by atoms with van der Waals surface area (Å²) < 4.78 is 39.5. The van der Waals surface area contributed by atoms with Gasteiger partial charge < -0.3 is 25.3 Å². The van der Waals surface area contributed by atoms with E-state index in [1.165, 1.54) is 38.5 Å². The van der Waals surface area contributed by atoms with Gasteiger partial charge in [-0.05, 0) is 24.3 Å². The molecule has 0 fully saturated rings. The average molecular weight is 408 g/mol. The van der Waals surface area contributed by atoms with E-state index in [1.807, 2.05) is 0 Å². The molecule has 0 saturated carbocycles. The Labute approximate surface area is 162 Å². The maximum atomic E-state index is 12.7. The Morgan fingerprint density at radius 3 is 2.14 bits per heavy atom. The largest absolute Gasteiger partial charge is 0.493 e. The molecule has 2 aromatic rings. The highest BCUT2D eigenvalue weighted by Gasteiger charge is 2.20. The minimum absolute atomic E-state index is 0.0105. The molecule has 0 unspecified atom stereocenters. The van der Waals surface area contributed by atoms with Crippen molar-refractivity contribution in [3.63, 3.8) is 0 Å². The van der Waals surface area contributed by atoms with E-state index in [0.29, 0.717) is 0 Å². The van der Waals surface area contributed by atoms with Crippen LogP contribution in [0, 0.1) is 0 Å². The molecular weight excluding hydrogens is 388 g/mol. The van der Waals surface area contributed by atoms with Crippen LogP contribution < -0.4 is 25.3 Å². The van der Waals surface area contributed by atoms with Crippen molar-refractivity contribution in [2.75, 3.05) is 32.4 Å². The molecule has 9 nitrogen and oxygen atoms in total. The standard InChI is InChI=1S/C18H20N2O7S/c1-25-13-8-11(9-14(26-2)17(13)27-10-16(19)21)18(22)20-12-6-4-5-7-15(12)28(3,23)24/h4-9H,10H2,1-3H3,(H2,19,21)(H,20,22). The van der Waals surface area contributed by atoms with Crippen LogP contribution in [0.1, 0.15) is 10.4 Å². The number of ether oxygens (including phenoxy) is 3. The number of benzene rings is 2. The molecule has 0 heterocycles. The molecule has 3 N–H and O–H groups in total. The Kier molecular flexibility index (Phi) is 6.47. The van der Waals surface area contributed by atoms with Gasteiger partial charge in [-0.2, -0.15) is 0 Å². The summed E-state index contributed by atoms with van der Waals surface area (Å²) in [5.74, 6) is -0.890. The van der Waals surface area contributed by atoms with Gasteiger partial charge in [0.15, 0.2) is 27.9 Å². The summed E-state index contributed by atoms with van der Waals surface area (Å²) in [5, 5.41) is 2.56. The average Bonchev–Trinajstić information content (AvgIpc) is 2.65. The molecule has 150 valence electrons. The number of carbonyl (C=O) groups excluding carboxylic acids is 2. The lowest BCUT2D eigenvalue weighted by atomic mass is 10.1. The minimum atomic E-state index is -3.54. The number of rotatable bonds is 8. The van der Waals surface area contributed by atoms with Crippen molar-refractivity contribution in [2.24, 2.45) is 5.73 Å². The molecule has 0 aliphatic carbocycles. The van der Waals surface area contributed by atoms with Crippen molar-refractivity contribution in [2.45, 2.75) is 4.90 Å². The van der Waals surface area contributed by atoms with Crippen LogP contribution in [0.5, 0.6) is 17.2 Å². The SMILES string of the molecule is COc1cc(C(=O)Nc2ccccc2S(C)(=O)=O)cc(OC)c1OCC(N)=O. The zero-order chi connectivity index (χ0) is 20.9. The Bertz CT molecular complexity index is 978. The minimum Gasteiger partial charge on any atom is -0.493 e. The van der Waals surface area contributed by atoms with Crippen molar-refractivity contribution in [3.8, 4) is 17.2 Å². The number of nitrogens with one attached hydrogen (secondary N) is 1. The van der Waals surface area contributed by atoms with E-state index >= 15 is 0 Å². The predicted molar refractivity (Wildman–Crippen MR) is 102 cm³/mol. The van der Waals surface area contributed by atoms with Crippen LogP contribution in [0.4, 0.5) is 5.69 Å². The summed E-state index contributed by atoms with van der Waals surface area (Å²) in [5.41, 5.74) is 5.35. The second-order valence-electron chi connectivity index (χ2n) is 5.69. The highest BCUT2D eigenvalue weighted by atomic mass is 32.2. The van der Waals surface area contributed by atoms with E-state index in [0.717, 1.165) is 6.26 Å². The maximum absolute atomic E-state index is 12.7. The van der Waals surface area contributed by atoms with Crippen LogP contribution in [-0.2, 0) is 14.6 Å². The third-order valence-electron chi connectivity index (χ3n) is 3.62. The van der Waals surface area contributed by atoms with Crippen LogP contribution >= 0.6 is 0 Å². The Morgan fingerprint density at radius 1 is 1.07 bits per heavy atom. The number of nitrogens with two attached hydrogens (primary N) is 1. The van der Waals surface area contributed by atoms with Crippen LogP contribution in [-0.4, -0.2) is 47.3 Å². The molecule has 0 radical (unpaired) electrons. The summed E-state index contributed by atoms with van der Waals surface area (Å²) in [6.07, 6.45) is 1.05. The molecule has 2 aromatic carbocycles. The van der Waals surface area contributed by atoms with E-state index < -0.39 is 28.3 Å². The van der Waals surface area contributed by atoms with Crippen molar-refractivity contribution >= 4 is 27.3 Å². The van der Waals surface area contributed by atoms with E-state index in [2.05, 4.69) is 5.32 Å². The number of hydrogen-bond acceptors (Lipinski definition) is 7. The highest BCUT2D eigenvalue weighted by Crippen LogP contribution is 2.38. The normalized spacial score (nSPS) is 10.8. The van der Waals surface area contributed by atoms with E-state index in [9.17, 15) is 18.0 Å². The van der Waals surface area contributed by atoms with Crippen LogP contribution in [0.2, 0.25) is 0 Å². The molecule has 0 spiro atoms. The first-order valence-electron chi connectivity index (χ1n) is 7.95. The number of carbonyl (C=O) groups is 2. The van der Waals surface area contributed by atoms with E-state index in [-0.39, 0.29) is 33.4 Å². The smallest absolute Gasteiger partial charge is 0.255 e. The first-order valence-corrected chi connectivity index (χ1v) is 9.84. The molecule has 0 atom stereocenters. The summed E-state index contributed by atoms with van der Waals surface area (Å²) in [6, 6.07) is 8.78. The zero-order valence-corrected chi connectivity index (χ0v) is 16.3. The van der Waals surface area contributed by atoms with Crippen molar-refractivity contribution in [1.82, 2.24) is 0 Å². The third kappa shape index (κ3) is 4.92. The van der Waals surface area contributed by atoms with Gasteiger partial charge in [0.05, 0.1) is 24.8 Å². The summed E-state index contributed by atoms with van der Waals surface area (Å²) in [7, 11) is -0.830. The number of sulfone groups is 1. The summed E-state index contributed by atoms with van der Waals surface area (Å²) >= 11 is 0. The van der Waals surface area contributed by atoms with Gasteiger partial charge in [-0.15, -0.1) is 0 Å². The number of para-hydroxylation sites is 1. The lowest BCUT2D eigenvalue weighted by molar-refractivity contribution is -0.120. The first kappa shape index (κ1) is 21.0. The van der Waals surface area contributed by atoms with Gasteiger partial charge >= 0.3 is 0 Å². The Hall–Kier alpha value is -3.27. The van der Waals surface area contributed by atoms with Crippen LogP contribution in [0.3, 0.4) is 0 Å². The van der Waals surface area contributed by atoms with Gasteiger partial charge in [0.25, 0.3) is 11.8 Å². The van der Waals surface area contributed by atoms with E-state index in [4.69, 9.17) is 19.9 Å². The number of amides is 2. The Morgan fingerprint density at radius 2 is 1.64 bits per heavy atom. The molecule has 2 rings (SSSR count). The third-order valence-corrected chi connectivity index (χ3v) is 4.77. The molecule has 10 heteroatoms. The van der Waals surface area contributed by atoms with Gasteiger partial charge in [-0.3, -0.25) is 9.59 Å². The topological polar surface area (TPSA) is 134 Å². The van der Waals surface area contributed by atoms with Crippen molar-refractivity contribution < 1.29 is 32.2 Å². The van der Waals surface area contributed by atoms with Crippen LogP contribution in [0.15, 0.2) is 41.3 Å². The summed E-state index contributed by atoms with van der Waals surface area (Å²) in [4.78, 5) is 23.6. The fraction of sp³-hybridized carbons (Fsp3) is 0.222. The maximum Gasteiger partial charge on any atom is 0.255 e. The Balaban J connectivity index is 2.40. The van der Waals surface area contributed by atoms with Crippen molar-refractivity contribution in [1.29, 1.82) is 0 Å². The zero-order valence-electron chi connectivity index (χ0n) is 15.5. The predicted octanol–water partition coefficient (Wildman–Crippen LogP) is 1.22. The van der Waals surface area contributed by atoms with Gasteiger partial charge in [0, 0.05) is 11.8 Å². The van der Waals surface area contributed by atoms with Gasteiger partial charge in [-0.1, -0.05) is 12.1 Å². The number of anilines is 1. The van der Waals surface area contributed by atoms with Crippen molar-refractivity contribution in [3.05, 3.63) is 42.0 Å². The molecule has 0 saturated heterocycles. The second-order valence-corrected chi connectivity index (χ2v) is 7.67. The molecule has 0 aromatic heterocycles. The summed E-state index contributed by atoms with van der Waals surface area (Å²) in [6.45, 7) is -0.403. The molecule has 0 aliphatic heterocycles. The molecular formula is C18H20N2O7S. The van der Waals surface area contributed by atoms with Gasteiger partial charge in [0.1, 0.15) is 0 Å². The molecule has 0 bridgehead atoms.